The van der Waals surface area contributed by atoms with Crippen LogP contribution in [0.5, 0.6) is 0 Å². The van der Waals surface area contributed by atoms with Crippen LogP contribution in [0.4, 0.5) is 0 Å². The van der Waals surface area contributed by atoms with Crippen molar-refractivity contribution < 1.29 is 9.90 Å². The SMILES string of the molecule is CC(CCO)C1(CNC(=O)C2CCNCC2)CCC1.Cl. The number of aliphatic hydroxyl groups excluding tert-OH is 1. The molecule has 5 heteroatoms. The monoisotopic (exact) mass is 304 g/mol. The Kier molecular flexibility index (Phi) is 7.27. The number of piperidine rings is 1. The molecule has 1 saturated carbocycles. The fourth-order valence-corrected chi connectivity index (χ4v) is 3.47. The molecule has 118 valence electrons. The van der Waals surface area contributed by atoms with Gasteiger partial charge in [-0.3, -0.25) is 4.79 Å². The van der Waals surface area contributed by atoms with E-state index in [1.165, 1.54) is 19.3 Å². The largest absolute Gasteiger partial charge is 0.396 e. The number of carbonyl (C=O) groups excluding carboxylic acids is 1. The molecule has 0 radical (unpaired) electrons. The molecule has 1 unspecified atom stereocenters. The van der Waals surface area contributed by atoms with Gasteiger partial charge in [0.25, 0.3) is 0 Å². The molecule has 3 N–H and O–H groups in total. The second kappa shape index (κ2) is 8.20. The Bertz CT molecular complexity index is 302. The molecule has 1 heterocycles. The third-order valence-electron chi connectivity index (χ3n) is 5.28. The van der Waals surface area contributed by atoms with Crippen molar-refractivity contribution >= 4 is 18.3 Å². The first-order valence-corrected chi connectivity index (χ1v) is 7.77. The van der Waals surface area contributed by atoms with Crippen molar-refractivity contribution in [1.82, 2.24) is 10.6 Å². The molecule has 2 fully saturated rings. The Hall–Kier alpha value is -0.320. The van der Waals surface area contributed by atoms with Gasteiger partial charge in [0.15, 0.2) is 0 Å². The number of aliphatic hydroxyl groups is 1. The molecular formula is C15H29ClN2O2. The minimum absolute atomic E-state index is 0. The first-order valence-electron chi connectivity index (χ1n) is 7.77. The van der Waals surface area contributed by atoms with E-state index in [9.17, 15) is 4.79 Å². The average Bonchev–Trinajstić information content (AvgIpc) is 2.38. The molecule has 20 heavy (non-hydrogen) atoms. The molecule has 1 aliphatic heterocycles. The Morgan fingerprint density at radius 1 is 1.40 bits per heavy atom. The van der Waals surface area contributed by atoms with E-state index >= 15 is 0 Å². The van der Waals surface area contributed by atoms with Gasteiger partial charge in [-0.25, -0.2) is 0 Å². The summed E-state index contributed by atoms with van der Waals surface area (Å²) >= 11 is 0. The number of rotatable bonds is 6. The molecule has 1 amide bonds. The standard InChI is InChI=1S/C15H28N2O2.ClH/c1-12(5-10-18)15(6-2-7-15)11-17-14(19)13-3-8-16-9-4-13;/h12-13,16,18H,2-11H2,1H3,(H,17,19);1H. The van der Waals surface area contributed by atoms with Crippen LogP contribution >= 0.6 is 12.4 Å². The van der Waals surface area contributed by atoms with Crippen LogP contribution < -0.4 is 10.6 Å². The molecular weight excluding hydrogens is 276 g/mol. The number of carbonyl (C=O) groups is 1. The van der Waals surface area contributed by atoms with Gasteiger partial charge in [0.1, 0.15) is 0 Å². The van der Waals surface area contributed by atoms with Crippen LogP contribution in [-0.4, -0.2) is 37.3 Å². The van der Waals surface area contributed by atoms with Gasteiger partial charge in [0, 0.05) is 19.1 Å². The maximum Gasteiger partial charge on any atom is 0.223 e. The van der Waals surface area contributed by atoms with Gasteiger partial charge in [-0.1, -0.05) is 13.3 Å². The zero-order valence-corrected chi connectivity index (χ0v) is 13.3. The second-order valence-electron chi connectivity index (χ2n) is 6.37. The molecule has 4 nitrogen and oxygen atoms in total. The van der Waals surface area contributed by atoms with E-state index in [0.717, 1.165) is 38.9 Å². The van der Waals surface area contributed by atoms with Crippen LogP contribution in [0.2, 0.25) is 0 Å². The van der Waals surface area contributed by atoms with Crippen molar-refractivity contribution in [3.05, 3.63) is 0 Å². The Morgan fingerprint density at radius 2 is 2.05 bits per heavy atom. The fraction of sp³-hybridized carbons (Fsp3) is 0.933. The molecule has 0 bridgehead atoms. The van der Waals surface area contributed by atoms with Gasteiger partial charge >= 0.3 is 0 Å². The minimum atomic E-state index is 0. The Balaban J connectivity index is 0.00000200. The van der Waals surface area contributed by atoms with Gasteiger partial charge in [-0.2, -0.15) is 0 Å². The summed E-state index contributed by atoms with van der Waals surface area (Å²) in [5, 5.41) is 15.6. The summed E-state index contributed by atoms with van der Waals surface area (Å²) in [6.45, 7) is 5.20. The lowest BCUT2D eigenvalue weighted by Crippen LogP contribution is -2.48. The molecule has 0 aromatic heterocycles. The molecule has 1 saturated heterocycles. The van der Waals surface area contributed by atoms with Gasteiger partial charge in [-0.05, 0) is 56.5 Å². The highest BCUT2D eigenvalue weighted by atomic mass is 35.5. The fourth-order valence-electron chi connectivity index (χ4n) is 3.47. The van der Waals surface area contributed by atoms with Crippen LogP contribution in [-0.2, 0) is 4.79 Å². The van der Waals surface area contributed by atoms with Crippen molar-refractivity contribution in [2.75, 3.05) is 26.2 Å². The van der Waals surface area contributed by atoms with E-state index in [2.05, 4.69) is 17.6 Å². The van der Waals surface area contributed by atoms with Crippen LogP contribution in [0, 0.1) is 17.3 Å². The lowest BCUT2D eigenvalue weighted by atomic mass is 9.60. The first-order chi connectivity index (χ1) is 9.18. The third-order valence-corrected chi connectivity index (χ3v) is 5.28. The van der Waals surface area contributed by atoms with E-state index in [1.54, 1.807) is 0 Å². The Labute approximate surface area is 128 Å². The summed E-state index contributed by atoms with van der Waals surface area (Å²) in [7, 11) is 0. The quantitative estimate of drug-likeness (QED) is 0.700. The molecule has 0 aromatic carbocycles. The predicted octanol–water partition coefficient (Wildman–Crippen LogP) is 1.71. The smallest absolute Gasteiger partial charge is 0.223 e. The van der Waals surface area contributed by atoms with Crippen LogP contribution in [0.25, 0.3) is 0 Å². The van der Waals surface area contributed by atoms with Gasteiger partial charge < -0.3 is 15.7 Å². The molecule has 0 spiro atoms. The average molecular weight is 305 g/mol. The second-order valence-corrected chi connectivity index (χ2v) is 6.37. The summed E-state index contributed by atoms with van der Waals surface area (Å²) in [6, 6.07) is 0. The summed E-state index contributed by atoms with van der Waals surface area (Å²) in [4.78, 5) is 12.2. The van der Waals surface area contributed by atoms with Crippen molar-refractivity contribution in [3.63, 3.8) is 0 Å². The summed E-state index contributed by atoms with van der Waals surface area (Å²) in [6.07, 6.45) is 6.43. The first kappa shape index (κ1) is 17.7. The molecule has 1 aliphatic carbocycles. The van der Waals surface area contributed by atoms with E-state index in [4.69, 9.17) is 5.11 Å². The predicted molar refractivity (Wildman–Crippen MR) is 83.0 cm³/mol. The van der Waals surface area contributed by atoms with Crippen LogP contribution in [0.1, 0.15) is 45.4 Å². The molecule has 1 atom stereocenters. The maximum atomic E-state index is 12.2. The molecule has 0 aromatic rings. The van der Waals surface area contributed by atoms with Crippen molar-refractivity contribution in [2.24, 2.45) is 17.3 Å². The highest BCUT2D eigenvalue weighted by Gasteiger charge is 2.41. The maximum absolute atomic E-state index is 12.2. The Morgan fingerprint density at radius 3 is 2.55 bits per heavy atom. The highest BCUT2D eigenvalue weighted by molar-refractivity contribution is 5.85. The van der Waals surface area contributed by atoms with Crippen LogP contribution in [0.3, 0.4) is 0 Å². The summed E-state index contributed by atoms with van der Waals surface area (Å²) in [5.41, 5.74) is 0.255. The lowest BCUT2D eigenvalue weighted by molar-refractivity contribution is -0.127. The number of amides is 1. The molecule has 2 aliphatic rings. The van der Waals surface area contributed by atoms with Crippen molar-refractivity contribution in [2.45, 2.75) is 45.4 Å². The number of halogens is 1. The summed E-state index contributed by atoms with van der Waals surface area (Å²) in [5.74, 6) is 0.940. The zero-order valence-electron chi connectivity index (χ0n) is 12.5. The third kappa shape index (κ3) is 4.09. The van der Waals surface area contributed by atoms with E-state index in [-0.39, 0.29) is 36.3 Å². The van der Waals surface area contributed by atoms with Gasteiger partial charge in [0.05, 0.1) is 0 Å². The normalized spacial score (nSPS) is 23.3. The minimum Gasteiger partial charge on any atom is -0.396 e. The van der Waals surface area contributed by atoms with E-state index in [0.29, 0.717) is 5.92 Å². The topological polar surface area (TPSA) is 61.4 Å². The highest BCUT2D eigenvalue weighted by Crippen LogP contribution is 2.47. The number of hydrogen-bond acceptors (Lipinski definition) is 3. The number of hydrogen-bond donors (Lipinski definition) is 3. The number of nitrogens with one attached hydrogen (secondary N) is 2. The van der Waals surface area contributed by atoms with Crippen LogP contribution in [0.15, 0.2) is 0 Å². The van der Waals surface area contributed by atoms with E-state index < -0.39 is 0 Å². The van der Waals surface area contributed by atoms with Gasteiger partial charge in [-0.15, -0.1) is 12.4 Å². The van der Waals surface area contributed by atoms with Crippen molar-refractivity contribution in [3.8, 4) is 0 Å². The van der Waals surface area contributed by atoms with Gasteiger partial charge in [0.2, 0.25) is 5.91 Å². The zero-order chi connectivity index (χ0) is 13.7. The lowest BCUT2D eigenvalue weighted by Gasteiger charge is -2.47. The molecule has 2 rings (SSSR count). The summed E-state index contributed by atoms with van der Waals surface area (Å²) < 4.78 is 0. The van der Waals surface area contributed by atoms with Crippen molar-refractivity contribution in [1.29, 1.82) is 0 Å². The van der Waals surface area contributed by atoms with E-state index in [1.807, 2.05) is 0 Å².